The van der Waals surface area contributed by atoms with E-state index in [1.54, 1.807) is 11.9 Å². The molecule has 5 nitrogen and oxygen atoms in total. The van der Waals surface area contributed by atoms with Crippen LogP contribution in [0.2, 0.25) is 0 Å². The molecule has 0 fully saturated rings. The number of halogens is 2. The Labute approximate surface area is 181 Å². The van der Waals surface area contributed by atoms with E-state index in [1.165, 1.54) is 0 Å². The van der Waals surface area contributed by atoms with Crippen molar-refractivity contribution in [3.8, 4) is 5.75 Å². The zero-order chi connectivity index (χ0) is 20.1. The minimum absolute atomic E-state index is 0.0549. The lowest BCUT2D eigenvalue weighted by Crippen LogP contribution is -2.26. The van der Waals surface area contributed by atoms with E-state index in [-0.39, 0.29) is 5.91 Å². The lowest BCUT2D eigenvalue weighted by Gasteiger charge is -2.17. The number of ether oxygens (including phenoxy) is 1. The van der Waals surface area contributed by atoms with Crippen molar-refractivity contribution in [3.05, 3.63) is 80.5 Å². The summed E-state index contributed by atoms with van der Waals surface area (Å²) in [5.74, 6) is 0.716. The van der Waals surface area contributed by atoms with Gasteiger partial charge in [0.05, 0.1) is 21.2 Å². The molecule has 0 aliphatic carbocycles. The molecule has 0 saturated carbocycles. The third kappa shape index (κ3) is 5.02. The lowest BCUT2D eigenvalue weighted by molar-refractivity contribution is 0.0782. The van der Waals surface area contributed by atoms with Crippen molar-refractivity contribution in [2.45, 2.75) is 26.6 Å². The number of para-hydroxylation sites is 1. The van der Waals surface area contributed by atoms with Crippen LogP contribution in [-0.2, 0) is 19.7 Å². The molecule has 28 heavy (non-hydrogen) atoms. The molecule has 1 heterocycles. The number of aryl methyl sites for hydroxylation is 1. The van der Waals surface area contributed by atoms with Crippen molar-refractivity contribution in [1.29, 1.82) is 0 Å². The van der Waals surface area contributed by atoms with Crippen LogP contribution in [0, 0.1) is 0 Å². The summed E-state index contributed by atoms with van der Waals surface area (Å²) in [6, 6.07) is 15.2. The first-order valence-electron chi connectivity index (χ1n) is 8.91. The fourth-order valence-corrected chi connectivity index (χ4v) is 3.58. The van der Waals surface area contributed by atoms with Gasteiger partial charge < -0.3 is 9.64 Å². The Morgan fingerprint density at radius 1 is 1.14 bits per heavy atom. The SMILES string of the molecule is CCn1cc(Br)c(CN(C)C(=O)c2cccc(COc3ccccc3Br)c2)n1. The van der Waals surface area contributed by atoms with Gasteiger partial charge in [-0.2, -0.15) is 5.10 Å². The number of carbonyl (C=O) groups excluding carboxylic acids is 1. The second-order valence-corrected chi connectivity index (χ2v) is 8.07. The number of benzene rings is 2. The summed E-state index contributed by atoms with van der Waals surface area (Å²) in [6.45, 7) is 3.64. The molecule has 0 bridgehead atoms. The zero-order valence-electron chi connectivity index (χ0n) is 15.7. The molecule has 2 aromatic carbocycles. The maximum atomic E-state index is 12.8. The van der Waals surface area contributed by atoms with E-state index >= 15 is 0 Å². The van der Waals surface area contributed by atoms with Gasteiger partial charge in [0.2, 0.25) is 0 Å². The molecule has 0 aliphatic rings. The Kier molecular flexibility index (Phi) is 6.91. The van der Waals surface area contributed by atoms with Crippen LogP contribution < -0.4 is 4.74 Å². The van der Waals surface area contributed by atoms with Gasteiger partial charge >= 0.3 is 0 Å². The van der Waals surface area contributed by atoms with Crippen LogP contribution in [-0.4, -0.2) is 27.6 Å². The smallest absolute Gasteiger partial charge is 0.253 e. The Balaban J connectivity index is 1.67. The Morgan fingerprint density at radius 3 is 2.64 bits per heavy atom. The maximum Gasteiger partial charge on any atom is 0.253 e. The van der Waals surface area contributed by atoms with Crippen molar-refractivity contribution in [3.63, 3.8) is 0 Å². The summed E-state index contributed by atoms with van der Waals surface area (Å²) in [6.07, 6.45) is 1.92. The van der Waals surface area contributed by atoms with Crippen molar-refractivity contribution in [2.24, 2.45) is 0 Å². The number of rotatable bonds is 7. The molecule has 3 aromatic rings. The molecule has 3 rings (SSSR count). The summed E-state index contributed by atoms with van der Waals surface area (Å²) in [5, 5.41) is 4.48. The van der Waals surface area contributed by atoms with Gasteiger partial charge in [-0.1, -0.05) is 24.3 Å². The fraction of sp³-hybridized carbons (Fsp3) is 0.238. The van der Waals surface area contributed by atoms with E-state index in [4.69, 9.17) is 4.74 Å². The highest BCUT2D eigenvalue weighted by molar-refractivity contribution is 9.10. The molecule has 0 spiro atoms. The van der Waals surface area contributed by atoms with E-state index in [2.05, 4.69) is 37.0 Å². The summed E-state index contributed by atoms with van der Waals surface area (Å²) in [7, 11) is 1.78. The Hall–Kier alpha value is -2.12. The average Bonchev–Trinajstić information content (AvgIpc) is 3.06. The summed E-state index contributed by atoms with van der Waals surface area (Å²) >= 11 is 6.98. The second kappa shape index (κ2) is 9.39. The van der Waals surface area contributed by atoms with Crippen LogP contribution >= 0.6 is 31.9 Å². The number of carbonyl (C=O) groups is 1. The highest BCUT2D eigenvalue weighted by atomic mass is 79.9. The molecule has 0 saturated heterocycles. The molecule has 7 heteroatoms. The highest BCUT2D eigenvalue weighted by Crippen LogP contribution is 2.25. The van der Waals surface area contributed by atoms with Gasteiger partial charge in [0.25, 0.3) is 5.91 Å². The van der Waals surface area contributed by atoms with Gasteiger partial charge in [-0.15, -0.1) is 0 Å². The molecule has 0 radical (unpaired) electrons. The molecule has 0 aliphatic heterocycles. The van der Waals surface area contributed by atoms with Crippen molar-refractivity contribution < 1.29 is 9.53 Å². The minimum Gasteiger partial charge on any atom is -0.488 e. The molecule has 0 unspecified atom stereocenters. The molecule has 146 valence electrons. The van der Waals surface area contributed by atoms with Crippen LogP contribution in [0.3, 0.4) is 0 Å². The van der Waals surface area contributed by atoms with Gasteiger partial charge in [-0.25, -0.2) is 0 Å². The van der Waals surface area contributed by atoms with Gasteiger partial charge in [0.15, 0.2) is 0 Å². The first-order chi connectivity index (χ1) is 13.5. The predicted octanol–water partition coefficient (Wildman–Crippen LogP) is 5.28. The van der Waals surface area contributed by atoms with Crippen LogP contribution in [0.15, 0.2) is 63.7 Å². The van der Waals surface area contributed by atoms with Crippen LogP contribution in [0.5, 0.6) is 5.75 Å². The van der Waals surface area contributed by atoms with Crippen molar-refractivity contribution in [2.75, 3.05) is 7.05 Å². The topological polar surface area (TPSA) is 47.4 Å². The number of hydrogen-bond acceptors (Lipinski definition) is 3. The third-order valence-corrected chi connectivity index (χ3v) is 5.57. The first kappa shape index (κ1) is 20.6. The summed E-state index contributed by atoms with van der Waals surface area (Å²) < 4.78 is 9.51. The Morgan fingerprint density at radius 2 is 1.93 bits per heavy atom. The normalized spacial score (nSPS) is 10.7. The summed E-state index contributed by atoms with van der Waals surface area (Å²) in [4.78, 5) is 14.5. The molecule has 1 amide bonds. The predicted molar refractivity (Wildman–Crippen MR) is 116 cm³/mol. The third-order valence-electron chi connectivity index (χ3n) is 4.25. The van der Waals surface area contributed by atoms with Crippen LogP contribution in [0.1, 0.15) is 28.5 Å². The average molecular weight is 507 g/mol. The van der Waals surface area contributed by atoms with E-state index < -0.39 is 0 Å². The molecule has 0 atom stereocenters. The number of nitrogens with zero attached hydrogens (tertiary/aromatic N) is 3. The standard InChI is InChI=1S/C21H21Br2N3O2/c1-3-26-12-18(23)19(24-26)13-25(2)21(27)16-8-6-7-15(11-16)14-28-20-10-5-4-9-17(20)22/h4-12H,3,13-14H2,1-2H3. The zero-order valence-corrected chi connectivity index (χ0v) is 18.9. The second-order valence-electron chi connectivity index (χ2n) is 6.36. The highest BCUT2D eigenvalue weighted by Gasteiger charge is 2.16. The van der Waals surface area contributed by atoms with Gasteiger partial charge in [0, 0.05) is 25.4 Å². The minimum atomic E-state index is -0.0549. The number of hydrogen-bond donors (Lipinski definition) is 0. The largest absolute Gasteiger partial charge is 0.488 e. The van der Waals surface area contributed by atoms with E-state index in [0.717, 1.165) is 32.5 Å². The van der Waals surface area contributed by atoms with E-state index in [9.17, 15) is 4.79 Å². The van der Waals surface area contributed by atoms with Crippen molar-refractivity contribution >= 4 is 37.8 Å². The van der Waals surface area contributed by atoms with Crippen LogP contribution in [0.4, 0.5) is 0 Å². The molecular formula is C21H21Br2N3O2. The molecular weight excluding hydrogens is 486 g/mol. The van der Waals surface area contributed by atoms with Crippen molar-refractivity contribution in [1.82, 2.24) is 14.7 Å². The first-order valence-corrected chi connectivity index (χ1v) is 10.5. The monoisotopic (exact) mass is 505 g/mol. The fourth-order valence-electron chi connectivity index (χ4n) is 2.74. The number of amides is 1. The summed E-state index contributed by atoms with van der Waals surface area (Å²) in [5.41, 5.74) is 2.40. The van der Waals surface area contributed by atoms with Gasteiger partial charge in [-0.3, -0.25) is 9.48 Å². The van der Waals surface area contributed by atoms with Gasteiger partial charge in [-0.05, 0) is 68.6 Å². The molecule has 0 N–H and O–H groups in total. The van der Waals surface area contributed by atoms with Gasteiger partial charge in [0.1, 0.15) is 12.4 Å². The Bertz CT molecular complexity index is 972. The maximum absolute atomic E-state index is 12.8. The molecule has 1 aromatic heterocycles. The van der Waals surface area contributed by atoms with Crippen LogP contribution in [0.25, 0.3) is 0 Å². The number of aromatic nitrogens is 2. The van der Waals surface area contributed by atoms with E-state index in [1.807, 2.05) is 66.3 Å². The quantitative estimate of drug-likeness (QED) is 0.438. The van der Waals surface area contributed by atoms with E-state index in [0.29, 0.717) is 18.7 Å². The lowest BCUT2D eigenvalue weighted by atomic mass is 10.1.